The number of carbonyl (C=O) groups is 2. The molecule has 2 aliphatic rings. The summed E-state index contributed by atoms with van der Waals surface area (Å²) in [5, 5.41) is 13.2. The van der Waals surface area contributed by atoms with Crippen molar-refractivity contribution in [3.63, 3.8) is 0 Å². The highest BCUT2D eigenvalue weighted by Gasteiger charge is 2.33. The summed E-state index contributed by atoms with van der Waals surface area (Å²) in [5.41, 5.74) is 2.01. The van der Waals surface area contributed by atoms with Gasteiger partial charge in [-0.1, -0.05) is 24.1 Å². The molecular weight excluding hydrogens is 484 g/mol. The first kappa shape index (κ1) is 28.5. The van der Waals surface area contributed by atoms with Crippen LogP contribution < -0.4 is 11.2 Å². The van der Waals surface area contributed by atoms with Crippen molar-refractivity contribution in [2.24, 2.45) is 17.7 Å². The Morgan fingerprint density at radius 3 is 2.97 bits per heavy atom. The van der Waals surface area contributed by atoms with Gasteiger partial charge in [0.15, 0.2) is 0 Å². The van der Waals surface area contributed by atoms with Gasteiger partial charge in [0.2, 0.25) is 0 Å². The summed E-state index contributed by atoms with van der Waals surface area (Å²) in [7, 11) is 0. The summed E-state index contributed by atoms with van der Waals surface area (Å²) in [6.45, 7) is 5.76. The van der Waals surface area contributed by atoms with Gasteiger partial charge in [0.25, 0.3) is 0 Å². The van der Waals surface area contributed by atoms with Crippen LogP contribution in [0.5, 0.6) is 0 Å². The third-order valence-electron chi connectivity index (χ3n) is 7.14. The Bertz CT molecular complexity index is 850. The van der Waals surface area contributed by atoms with Gasteiger partial charge < -0.3 is 24.8 Å². The van der Waals surface area contributed by atoms with Crippen LogP contribution in [0.2, 0.25) is 5.02 Å². The van der Waals surface area contributed by atoms with E-state index in [0.29, 0.717) is 30.6 Å². The van der Waals surface area contributed by atoms with Crippen LogP contribution in [0, 0.1) is 18.8 Å². The summed E-state index contributed by atoms with van der Waals surface area (Å²) in [5.74, 6) is 6.79. The molecule has 0 bridgehead atoms. The topological polar surface area (TPSA) is 117 Å². The molecule has 2 fully saturated rings. The first-order chi connectivity index (χ1) is 17.3. The van der Waals surface area contributed by atoms with Crippen molar-refractivity contribution in [3.05, 3.63) is 34.3 Å². The first-order valence-electron chi connectivity index (χ1n) is 13.1. The highest BCUT2D eigenvalue weighted by atomic mass is 35.5. The SMILES string of the molecule is Cc1ccc(Cl)cc1[C@H](OCCNC(=O)O)C1CCCN(C(=O)N(N)CCCC2CCCCOC2)C1. The minimum atomic E-state index is -1.09. The molecule has 36 heavy (non-hydrogen) atoms. The number of benzene rings is 1. The molecule has 2 heterocycles. The number of ether oxygens (including phenoxy) is 2. The van der Waals surface area contributed by atoms with E-state index in [1.165, 1.54) is 17.9 Å². The molecular formula is C26H41ClN4O5. The van der Waals surface area contributed by atoms with Crippen LogP contribution in [0.25, 0.3) is 0 Å². The number of halogens is 1. The van der Waals surface area contributed by atoms with E-state index in [0.717, 1.165) is 56.4 Å². The Balaban J connectivity index is 1.59. The van der Waals surface area contributed by atoms with Gasteiger partial charge >= 0.3 is 12.1 Å². The minimum Gasteiger partial charge on any atom is -0.465 e. The monoisotopic (exact) mass is 524 g/mol. The zero-order valence-electron chi connectivity index (χ0n) is 21.3. The number of urea groups is 1. The van der Waals surface area contributed by atoms with Crippen LogP contribution >= 0.6 is 11.6 Å². The molecule has 1 aromatic carbocycles. The van der Waals surface area contributed by atoms with Crippen LogP contribution in [-0.2, 0) is 9.47 Å². The Kier molecular flexibility index (Phi) is 11.6. The van der Waals surface area contributed by atoms with Crippen LogP contribution in [0.4, 0.5) is 9.59 Å². The smallest absolute Gasteiger partial charge is 0.404 e. The maximum absolute atomic E-state index is 13.2. The lowest BCUT2D eigenvalue weighted by Gasteiger charge is -2.38. The number of amides is 3. The largest absolute Gasteiger partial charge is 0.465 e. The standard InChI is InChI=1S/C26H41ClN4O5/c1-19-9-10-22(27)16-23(19)24(36-15-11-29-25(32)33)21-8-5-12-30(17-21)26(34)31(28)13-4-7-20-6-2-3-14-35-18-20/h9-10,16,20-21,24,29H,2-8,11-15,17-18,28H2,1H3,(H,32,33)/t20?,21?,24-/m1/s1. The Morgan fingerprint density at radius 1 is 1.33 bits per heavy atom. The number of hydrogen-bond donors (Lipinski definition) is 3. The number of likely N-dealkylation sites (tertiary alicyclic amines) is 1. The highest BCUT2D eigenvalue weighted by molar-refractivity contribution is 6.30. The molecule has 2 saturated heterocycles. The average Bonchev–Trinajstić information content (AvgIpc) is 3.14. The fourth-order valence-electron chi connectivity index (χ4n) is 5.20. The zero-order chi connectivity index (χ0) is 25.9. The molecule has 3 amide bonds. The molecule has 202 valence electrons. The van der Waals surface area contributed by atoms with E-state index in [9.17, 15) is 9.59 Å². The van der Waals surface area contributed by atoms with Gasteiger partial charge in [0, 0.05) is 50.3 Å². The van der Waals surface area contributed by atoms with Gasteiger partial charge in [-0.15, -0.1) is 0 Å². The second-order valence-electron chi connectivity index (χ2n) is 9.93. The first-order valence-corrected chi connectivity index (χ1v) is 13.5. The number of hydrazine groups is 1. The lowest BCUT2D eigenvalue weighted by molar-refractivity contribution is -0.0109. The number of nitrogens with two attached hydrogens (primary N) is 1. The van der Waals surface area contributed by atoms with Crippen molar-refractivity contribution in [1.82, 2.24) is 15.2 Å². The number of rotatable bonds is 10. The van der Waals surface area contributed by atoms with Crippen molar-refractivity contribution in [3.8, 4) is 0 Å². The number of nitrogens with zero attached hydrogens (tertiary/aromatic N) is 2. The lowest BCUT2D eigenvalue weighted by atomic mass is 9.86. The zero-order valence-corrected chi connectivity index (χ0v) is 22.0. The molecule has 10 heteroatoms. The fourth-order valence-corrected chi connectivity index (χ4v) is 5.38. The highest BCUT2D eigenvalue weighted by Crippen LogP contribution is 2.36. The summed E-state index contributed by atoms with van der Waals surface area (Å²) in [6, 6.07) is 5.54. The number of aryl methyl sites for hydroxylation is 1. The number of carboxylic acid groups (broad SMARTS) is 1. The molecule has 3 atom stereocenters. The third-order valence-corrected chi connectivity index (χ3v) is 7.38. The van der Waals surface area contributed by atoms with Gasteiger partial charge in [-0.2, -0.15) is 0 Å². The Morgan fingerprint density at radius 2 is 2.17 bits per heavy atom. The molecule has 0 aliphatic carbocycles. The van der Waals surface area contributed by atoms with Crippen LogP contribution in [0.1, 0.15) is 62.2 Å². The second kappa shape index (κ2) is 14.6. The maximum Gasteiger partial charge on any atom is 0.404 e. The Hall–Kier alpha value is -2.07. The molecule has 0 aromatic heterocycles. The van der Waals surface area contributed by atoms with E-state index in [4.69, 9.17) is 32.0 Å². The number of piperidine rings is 1. The molecule has 2 unspecified atom stereocenters. The molecule has 0 saturated carbocycles. The maximum atomic E-state index is 13.2. The predicted octanol–water partition coefficient (Wildman–Crippen LogP) is 4.58. The Labute approximate surface area is 219 Å². The van der Waals surface area contributed by atoms with E-state index >= 15 is 0 Å². The summed E-state index contributed by atoms with van der Waals surface area (Å²) in [4.78, 5) is 25.8. The van der Waals surface area contributed by atoms with E-state index in [-0.39, 0.29) is 31.2 Å². The van der Waals surface area contributed by atoms with Gasteiger partial charge in [0.1, 0.15) is 0 Å². The summed E-state index contributed by atoms with van der Waals surface area (Å²) in [6.07, 6.45) is 5.72. The number of carbonyl (C=O) groups excluding carboxylic acids is 1. The van der Waals surface area contributed by atoms with Crippen molar-refractivity contribution < 1.29 is 24.2 Å². The van der Waals surface area contributed by atoms with Crippen molar-refractivity contribution in [2.45, 2.75) is 58.0 Å². The molecule has 0 radical (unpaired) electrons. The van der Waals surface area contributed by atoms with Crippen molar-refractivity contribution in [1.29, 1.82) is 0 Å². The fraction of sp³-hybridized carbons (Fsp3) is 0.692. The summed E-state index contributed by atoms with van der Waals surface area (Å²) < 4.78 is 11.9. The van der Waals surface area contributed by atoms with E-state index < -0.39 is 6.09 Å². The van der Waals surface area contributed by atoms with Gasteiger partial charge in [0.05, 0.1) is 12.7 Å². The van der Waals surface area contributed by atoms with Crippen molar-refractivity contribution >= 4 is 23.7 Å². The molecule has 4 N–H and O–H groups in total. The van der Waals surface area contributed by atoms with E-state index in [1.54, 1.807) is 0 Å². The van der Waals surface area contributed by atoms with Gasteiger partial charge in [-0.05, 0) is 74.6 Å². The minimum absolute atomic E-state index is 0.0428. The molecule has 2 aliphatic heterocycles. The predicted molar refractivity (Wildman–Crippen MR) is 139 cm³/mol. The molecule has 9 nitrogen and oxygen atoms in total. The molecule has 3 rings (SSSR count). The molecule has 0 spiro atoms. The summed E-state index contributed by atoms with van der Waals surface area (Å²) >= 11 is 6.30. The quantitative estimate of drug-likeness (QED) is 0.178. The second-order valence-corrected chi connectivity index (χ2v) is 10.4. The van der Waals surface area contributed by atoms with Crippen LogP contribution in [-0.4, -0.2) is 73.1 Å². The van der Waals surface area contributed by atoms with E-state index in [2.05, 4.69) is 5.32 Å². The molecule has 1 aromatic rings. The van der Waals surface area contributed by atoms with E-state index in [1.807, 2.05) is 30.0 Å². The number of nitrogens with one attached hydrogen (secondary N) is 1. The lowest BCUT2D eigenvalue weighted by Crippen LogP contribution is -2.51. The average molecular weight is 525 g/mol. The van der Waals surface area contributed by atoms with Gasteiger partial charge in [-0.3, -0.25) is 5.01 Å². The third kappa shape index (κ3) is 8.80. The van der Waals surface area contributed by atoms with Crippen LogP contribution in [0.15, 0.2) is 18.2 Å². The number of hydrogen-bond acceptors (Lipinski definition) is 5. The van der Waals surface area contributed by atoms with Crippen molar-refractivity contribution in [2.75, 3.05) is 46.0 Å². The van der Waals surface area contributed by atoms with Crippen LogP contribution in [0.3, 0.4) is 0 Å². The van der Waals surface area contributed by atoms with Gasteiger partial charge in [-0.25, -0.2) is 15.4 Å². The normalized spacial score (nSPS) is 21.5.